The van der Waals surface area contributed by atoms with Crippen molar-refractivity contribution in [1.29, 1.82) is 0 Å². The van der Waals surface area contributed by atoms with Crippen molar-refractivity contribution in [3.8, 4) is 11.3 Å². The van der Waals surface area contributed by atoms with Crippen molar-refractivity contribution in [1.82, 2.24) is 4.57 Å². The van der Waals surface area contributed by atoms with Crippen LogP contribution in [0.5, 0.6) is 0 Å². The van der Waals surface area contributed by atoms with Gasteiger partial charge in [0, 0.05) is 22.3 Å². The Balaban J connectivity index is 2.61. The minimum atomic E-state index is -0.886. The Morgan fingerprint density at radius 1 is 1.32 bits per heavy atom. The zero-order valence-corrected chi connectivity index (χ0v) is 12.6. The Bertz CT molecular complexity index is 617. The zero-order valence-electron chi connectivity index (χ0n) is 11.0. The molecule has 2 rings (SSSR count). The second kappa shape index (κ2) is 5.61. The molecule has 100 valence electrons. The third-order valence-corrected chi connectivity index (χ3v) is 3.74. The lowest BCUT2D eigenvalue weighted by Gasteiger charge is -2.12. The topological polar surface area (TPSA) is 42.2 Å². The van der Waals surface area contributed by atoms with Crippen LogP contribution in [-0.4, -0.2) is 15.6 Å². The number of rotatable bonds is 4. The molecule has 0 atom stereocenters. The Labute approximate surface area is 121 Å². The number of aromatic nitrogens is 1. The summed E-state index contributed by atoms with van der Waals surface area (Å²) in [5.74, 6) is -0.886. The van der Waals surface area contributed by atoms with E-state index < -0.39 is 5.97 Å². The number of halogens is 1. The normalized spacial score (nSPS) is 10.7. The summed E-state index contributed by atoms with van der Waals surface area (Å²) in [5, 5.41) is 9.24. The van der Waals surface area contributed by atoms with Gasteiger partial charge >= 0.3 is 5.97 Å². The average Bonchev–Trinajstić information content (AvgIpc) is 2.76. The largest absolute Gasteiger partial charge is 0.477 e. The Hall–Kier alpha value is -1.55. The number of hydrogen-bond acceptors (Lipinski definition) is 1. The maximum absolute atomic E-state index is 11.3. The molecule has 0 spiro atoms. The number of nitrogens with zero attached hydrogens (tertiary/aromatic N) is 1. The summed E-state index contributed by atoms with van der Waals surface area (Å²) < 4.78 is 2.84. The van der Waals surface area contributed by atoms with Crippen LogP contribution < -0.4 is 0 Å². The third kappa shape index (κ3) is 2.73. The first-order chi connectivity index (χ1) is 9.04. The highest BCUT2D eigenvalue weighted by molar-refractivity contribution is 9.10. The molecule has 1 aromatic heterocycles. The quantitative estimate of drug-likeness (QED) is 0.910. The van der Waals surface area contributed by atoms with Gasteiger partial charge in [0.25, 0.3) is 0 Å². The van der Waals surface area contributed by atoms with E-state index in [0.717, 1.165) is 27.7 Å². The van der Waals surface area contributed by atoms with E-state index in [0.29, 0.717) is 12.2 Å². The van der Waals surface area contributed by atoms with Gasteiger partial charge in [-0.05, 0) is 37.6 Å². The van der Waals surface area contributed by atoms with Crippen LogP contribution in [-0.2, 0) is 6.54 Å². The van der Waals surface area contributed by atoms with Crippen LogP contribution >= 0.6 is 15.9 Å². The molecular formula is C15H16BrNO2. The van der Waals surface area contributed by atoms with E-state index >= 15 is 0 Å². The standard InChI is InChI=1S/C15H16BrNO2/c1-3-8-17-13(6-7-14(17)15(18)19)11-9-10(2)4-5-12(11)16/h4-7,9H,3,8H2,1-2H3,(H,18,19). The maximum Gasteiger partial charge on any atom is 0.352 e. The molecule has 0 saturated heterocycles. The van der Waals surface area contributed by atoms with Crippen LogP contribution in [0.1, 0.15) is 29.4 Å². The number of carboxylic acid groups (broad SMARTS) is 1. The molecule has 1 N–H and O–H groups in total. The highest BCUT2D eigenvalue weighted by atomic mass is 79.9. The van der Waals surface area contributed by atoms with Crippen molar-refractivity contribution >= 4 is 21.9 Å². The number of benzene rings is 1. The average molecular weight is 322 g/mol. The van der Waals surface area contributed by atoms with Gasteiger partial charge in [0.1, 0.15) is 5.69 Å². The Kier molecular flexibility index (Phi) is 4.10. The second-order valence-corrected chi connectivity index (χ2v) is 5.40. The van der Waals surface area contributed by atoms with Crippen molar-refractivity contribution in [3.63, 3.8) is 0 Å². The van der Waals surface area contributed by atoms with E-state index in [1.807, 2.05) is 36.6 Å². The fraction of sp³-hybridized carbons (Fsp3) is 0.267. The predicted octanol–water partition coefficient (Wildman–Crippen LogP) is 4.33. The van der Waals surface area contributed by atoms with Crippen molar-refractivity contribution < 1.29 is 9.90 Å². The summed E-state index contributed by atoms with van der Waals surface area (Å²) in [6.45, 7) is 4.77. The van der Waals surface area contributed by atoms with E-state index in [2.05, 4.69) is 22.0 Å². The first-order valence-corrected chi connectivity index (χ1v) is 7.03. The predicted molar refractivity (Wildman–Crippen MR) is 79.6 cm³/mol. The molecule has 0 aliphatic rings. The maximum atomic E-state index is 11.3. The van der Waals surface area contributed by atoms with Gasteiger partial charge in [0.2, 0.25) is 0 Å². The van der Waals surface area contributed by atoms with Crippen LogP contribution in [0, 0.1) is 6.92 Å². The van der Waals surface area contributed by atoms with Crippen LogP contribution in [0.15, 0.2) is 34.8 Å². The van der Waals surface area contributed by atoms with E-state index in [1.165, 1.54) is 0 Å². The number of carbonyl (C=O) groups is 1. The molecule has 2 aromatic rings. The van der Waals surface area contributed by atoms with Crippen LogP contribution in [0.2, 0.25) is 0 Å². The van der Waals surface area contributed by atoms with Gasteiger partial charge in [0.15, 0.2) is 0 Å². The van der Waals surface area contributed by atoms with Gasteiger partial charge in [-0.25, -0.2) is 4.79 Å². The molecule has 0 saturated carbocycles. The highest BCUT2D eigenvalue weighted by Crippen LogP contribution is 2.31. The van der Waals surface area contributed by atoms with Gasteiger partial charge in [-0.15, -0.1) is 0 Å². The molecule has 0 aliphatic carbocycles. The van der Waals surface area contributed by atoms with Gasteiger partial charge in [0.05, 0.1) is 0 Å². The summed E-state index contributed by atoms with van der Waals surface area (Å²) in [7, 11) is 0. The first kappa shape index (κ1) is 13.9. The second-order valence-electron chi connectivity index (χ2n) is 4.54. The van der Waals surface area contributed by atoms with Crippen LogP contribution in [0.25, 0.3) is 11.3 Å². The van der Waals surface area contributed by atoms with E-state index in [-0.39, 0.29) is 0 Å². The molecule has 0 bridgehead atoms. The number of aryl methyl sites for hydroxylation is 1. The van der Waals surface area contributed by atoms with Crippen molar-refractivity contribution in [2.24, 2.45) is 0 Å². The molecule has 1 heterocycles. The van der Waals surface area contributed by atoms with Crippen molar-refractivity contribution in [3.05, 3.63) is 46.1 Å². The molecule has 19 heavy (non-hydrogen) atoms. The fourth-order valence-corrected chi connectivity index (χ4v) is 2.64. The number of carboxylic acids is 1. The fourth-order valence-electron chi connectivity index (χ4n) is 2.19. The summed E-state index contributed by atoms with van der Waals surface area (Å²) in [5.41, 5.74) is 3.46. The minimum absolute atomic E-state index is 0.338. The highest BCUT2D eigenvalue weighted by Gasteiger charge is 2.16. The Morgan fingerprint density at radius 2 is 2.05 bits per heavy atom. The molecular weight excluding hydrogens is 306 g/mol. The third-order valence-electron chi connectivity index (χ3n) is 3.04. The minimum Gasteiger partial charge on any atom is -0.477 e. The van der Waals surface area contributed by atoms with Gasteiger partial charge in [-0.3, -0.25) is 0 Å². The van der Waals surface area contributed by atoms with E-state index in [1.54, 1.807) is 6.07 Å². The molecule has 1 aromatic carbocycles. The van der Waals surface area contributed by atoms with Gasteiger partial charge < -0.3 is 9.67 Å². The molecule has 0 fully saturated rings. The van der Waals surface area contributed by atoms with E-state index in [4.69, 9.17) is 0 Å². The van der Waals surface area contributed by atoms with E-state index in [9.17, 15) is 9.90 Å². The summed E-state index contributed by atoms with van der Waals surface area (Å²) in [4.78, 5) is 11.3. The lowest BCUT2D eigenvalue weighted by atomic mass is 10.1. The lowest BCUT2D eigenvalue weighted by Crippen LogP contribution is -2.09. The van der Waals surface area contributed by atoms with Gasteiger partial charge in [-0.1, -0.05) is 34.5 Å². The SMILES string of the molecule is CCCn1c(C(=O)O)ccc1-c1cc(C)ccc1Br. The lowest BCUT2D eigenvalue weighted by molar-refractivity contribution is 0.0685. The Morgan fingerprint density at radius 3 is 2.68 bits per heavy atom. The smallest absolute Gasteiger partial charge is 0.352 e. The monoisotopic (exact) mass is 321 g/mol. The molecule has 0 amide bonds. The number of hydrogen-bond donors (Lipinski definition) is 1. The van der Waals surface area contributed by atoms with Crippen molar-refractivity contribution in [2.75, 3.05) is 0 Å². The van der Waals surface area contributed by atoms with Crippen LogP contribution in [0.4, 0.5) is 0 Å². The van der Waals surface area contributed by atoms with Crippen LogP contribution in [0.3, 0.4) is 0 Å². The van der Waals surface area contributed by atoms with Gasteiger partial charge in [-0.2, -0.15) is 0 Å². The number of aromatic carboxylic acids is 1. The molecule has 0 radical (unpaired) electrons. The van der Waals surface area contributed by atoms with Crippen molar-refractivity contribution in [2.45, 2.75) is 26.8 Å². The first-order valence-electron chi connectivity index (χ1n) is 6.24. The molecule has 4 heteroatoms. The summed E-state index contributed by atoms with van der Waals surface area (Å²) in [6, 6.07) is 9.63. The summed E-state index contributed by atoms with van der Waals surface area (Å²) >= 11 is 3.54. The zero-order chi connectivity index (χ0) is 14.0. The molecule has 3 nitrogen and oxygen atoms in total. The molecule has 0 unspecified atom stereocenters. The molecule has 0 aliphatic heterocycles. The summed E-state index contributed by atoms with van der Waals surface area (Å²) in [6.07, 6.45) is 0.894.